The van der Waals surface area contributed by atoms with E-state index in [1.807, 2.05) is 0 Å². The van der Waals surface area contributed by atoms with Crippen LogP contribution in [-0.2, 0) is 11.3 Å². The van der Waals surface area contributed by atoms with Gasteiger partial charge in [-0.05, 0) is 35.9 Å². The van der Waals surface area contributed by atoms with Crippen molar-refractivity contribution in [3.8, 4) is 0 Å². The molecule has 1 unspecified atom stereocenters. The minimum Gasteiger partial charge on any atom is -0.377 e. The van der Waals surface area contributed by atoms with Gasteiger partial charge in [-0.1, -0.05) is 51.0 Å². The Morgan fingerprint density at radius 3 is 2.63 bits per heavy atom. The summed E-state index contributed by atoms with van der Waals surface area (Å²) in [5.74, 6) is 1.54. The van der Waals surface area contributed by atoms with Gasteiger partial charge in [-0.25, -0.2) is 0 Å². The van der Waals surface area contributed by atoms with Crippen molar-refractivity contribution in [3.63, 3.8) is 0 Å². The van der Waals surface area contributed by atoms with E-state index >= 15 is 0 Å². The van der Waals surface area contributed by atoms with E-state index in [-0.39, 0.29) is 0 Å². The van der Waals surface area contributed by atoms with Crippen molar-refractivity contribution in [3.05, 3.63) is 35.4 Å². The molecule has 1 saturated carbocycles. The molecule has 0 heterocycles. The summed E-state index contributed by atoms with van der Waals surface area (Å²) in [6.07, 6.45) is 4.08. The van der Waals surface area contributed by atoms with Gasteiger partial charge < -0.3 is 10.1 Å². The van der Waals surface area contributed by atoms with E-state index in [1.54, 1.807) is 0 Å². The molecule has 19 heavy (non-hydrogen) atoms. The molecule has 1 aliphatic carbocycles. The molecule has 1 aromatic carbocycles. The molecule has 0 radical (unpaired) electrons. The molecule has 106 valence electrons. The quantitative estimate of drug-likeness (QED) is 0.684. The highest BCUT2D eigenvalue weighted by atomic mass is 16.5. The van der Waals surface area contributed by atoms with E-state index in [2.05, 4.69) is 43.4 Å². The van der Waals surface area contributed by atoms with Gasteiger partial charge in [0.25, 0.3) is 0 Å². The number of hydrogen-bond acceptors (Lipinski definition) is 2. The Labute approximate surface area is 117 Å². The number of likely N-dealkylation sites (N-methyl/N-ethyl adjacent to an activating group) is 1. The van der Waals surface area contributed by atoms with E-state index in [1.165, 1.54) is 30.4 Å². The third kappa shape index (κ3) is 5.33. The molecule has 1 atom stereocenters. The van der Waals surface area contributed by atoms with Crippen LogP contribution >= 0.6 is 0 Å². The van der Waals surface area contributed by atoms with Crippen molar-refractivity contribution >= 4 is 0 Å². The second-order valence-corrected chi connectivity index (χ2v) is 5.73. The fourth-order valence-corrected chi connectivity index (χ4v) is 2.27. The van der Waals surface area contributed by atoms with Crippen LogP contribution in [-0.4, -0.2) is 19.7 Å². The molecule has 2 rings (SSSR count). The normalized spacial score (nSPS) is 16.5. The van der Waals surface area contributed by atoms with Gasteiger partial charge in [-0.15, -0.1) is 0 Å². The second-order valence-electron chi connectivity index (χ2n) is 5.73. The van der Waals surface area contributed by atoms with Crippen LogP contribution in [0.15, 0.2) is 24.3 Å². The maximum absolute atomic E-state index is 5.72. The minimum atomic E-state index is 0.574. The summed E-state index contributed by atoms with van der Waals surface area (Å²) in [6, 6.07) is 8.88. The average Bonchev–Trinajstić information content (AvgIpc) is 3.26. The Morgan fingerprint density at radius 1 is 1.26 bits per heavy atom. The maximum atomic E-state index is 5.72. The lowest BCUT2D eigenvalue weighted by atomic mass is 10.00. The number of rotatable bonds is 9. The van der Waals surface area contributed by atoms with Gasteiger partial charge in [0, 0.05) is 13.2 Å². The van der Waals surface area contributed by atoms with E-state index in [0.29, 0.717) is 5.92 Å². The highest BCUT2D eigenvalue weighted by Crippen LogP contribution is 2.32. The van der Waals surface area contributed by atoms with Crippen LogP contribution in [0.5, 0.6) is 0 Å². The van der Waals surface area contributed by atoms with Gasteiger partial charge in [-0.3, -0.25) is 0 Å². The zero-order chi connectivity index (χ0) is 13.5. The SMILES string of the molecule is CCNCC(C)c1ccc(COCCC2CC2)cc1. The van der Waals surface area contributed by atoms with Crippen LogP contribution in [0.3, 0.4) is 0 Å². The summed E-state index contributed by atoms with van der Waals surface area (Å²) in [5.41, 5.74) is 2.69. The zero-order valence-electron chi connectivity index (χ0n) is 12.3. The predicted molar refractivity (Wildman–Crippen MR) is 80.4 cm³/mol. The summed E-state index contributed by atoms with van der Waals surface area (Å²) >= 11 is 0. The van der Waals surface area contributed by atoms with Gasteiger partial charge in [0.05, 0.1) is 6.61 Å². The third-order valence-electron chi connectivity index (χ3n) is 3.89. The van der Waals surface area contributed by atoms with Crippen LogP contribution in [0.25, 0.3) is 0 Å². The molecule has 2 nitrogen and oxygen atoms in total. The second kappa shape index (κ2) is 7.66. The highest BCUT2D eigenvalue weighted by molar-refractivity contribution is 5.24. The molecule has 0 bridgehead atoms. The first kappa shape index (κ1) is 14.5. The molecule has 1 N–H and O–H groups in total. The minimum absolute atomic E-state index is 0.574. The molecular weight excluding hydrogens is 234 g/mol. The van der Waals surface area contributed by atoms with Gasteiger partial charge in [0.15, 0.2) is 0 Å². The number of ether oxygens (including phenoxy) is 1. The Morgan fingerprint density at radius 2 is 2.00 bits per heavy atom. The topological polar surface area (TPSA) is 21.3 Å². The molecule has 0 spiro atoms. The number of nitrogens with one attached hydrogen (secondary N) is 1. The lowest BCUT2D eigenvalue weighted by Crippen LogP contribution is -2.19. The predicted octanol–water partition coefficient (Wildman–Crippen LogP) is 3.72. The molecule has 1 aromatic rings. The van der Waals surface area contributed by atoms with Gasteiger partial charge in [0.2, 0.25) is 0 Å². The Hall–Kier alpha value is -0.860. The largest absolute Gasteiger partial charge is 0.377 e. The summed E-state index contributed by atoms with van der Waals surface area (Å²) in [5, 5.41) is 3.39. The molecule has 0 aromatic heterocycles. The molecule has 1 aliphatic rings. The van der Waals surface area contributed by atoms with Crippen molar-refractivity contribution < 1.29 is 4.74 Å². The fraction of sp³-hybridized carbons (Fsp3) is 0.647. The number of benzene rings is 1. The Kier molecular flexibility index (Phi) is 5.87. The monoisotopic (exact) mass is 261 g/mol. The first-order chi connectivity index (χ1) is 9.29. The van der Waals surface area contributed by atoms with E-state index < -0.39 is 0 Å². The van der Waals surface area contributed by atoms with Crippen LogP contribution < -0.4 is 5.32 Å². The van der Waals surface area contributed by atoms with E-state index in [4.69, 9.17) is 4.74 Å². The fourth-order valence-electron chi connectivity index (χ4n) is 2.27. The molecular formula is C17H27NO. The summed E-state index contributed by atoms with van der Waals surface area (Å²) < 4.78 is 5.72. The van der Waals surface area contributed by atoms with Crippen LogP contribution in [0, 0.1) is 5.92 Å². The van der Waals surface area contributed by atoms with Crippen molar-refractivity contribution in [2.75, 3.05) is 19.7 Å². The van der Waals surface area contributed by atoms with Gasteiger partial charge in [0.1, 0.15) is 0 Å². The van der Waals surface area contributed by atoms with E-state index in [9.17, 15) is 0 Å². The lowest BCUT2D eigenvalue weighted by molar-refractivity contribution is 0.115. The van der Waals surface area contributed by atoms with Crippen LogP contribution in [0.4, 0.5) is 0 Å². The van der Waals surface area contributed by atoms with Crippen molar-refractivity contribution in [2.45, 2.75) is 45.6 Å². The zero-order valence-corrected chi connectivity index (χ0v) is 12.3. The van der Waals surface area contributed by atoms with Crippen molar-refractivity contribution in [1.82, 2.24) is 5.32 Å². The third-order valence-corrected chi connectivity index (χ3v) is 3.89. The maximum Gasteiger partial charge on any atom is 0.0716 e. The molecule has 0 aliphatic heterocycles. The lowest BCUT2D eigenvalue weighted by Gasteiger charge is -2.13. The molecule has 1 fully saturated rings. The average molecular weight is 261 g/mol. The van der Waals surface area contributed by atoms with Gasteiger partial charge >= 0.3 is 0 Å². The van der Waals surface area contributed by atoms with E-state index in [0.717, 1.165) is 32.2 Å². The van der Waals surface area contributed by atoms with Crippen LogP contribution in [0.1, 0.15) is 50.2 Å². The molecule has 2 heteroatoms. The van der Waals surface area contributed by atoms with Gasteiger partial charge in [-0.2, -0.15) is 0 Å². The van der Waals surface area contributed by atoms with Crippen molar-refractivity contribution in [1.29, 1.82) is 0 Å². The standard InChI is InChI=1S/C17H27NO/c1-3-18-12-14(2)17-8-6-16(7-9-17)13-19-11-10-15-4-5-15/h6-9,14-15,18H,3-5,10-13H2,1-2H3. The molecule has 0 amide bonds. The van der Waals surface area contributed by atoms with Crippen LogP contribution in [0.2, 0.25) is 0 Å². The Bertz CT molecular complexity index is 356. The summed E-state index contributed by atoms with van der Waals surface area (Å²) in [6.45, 7) is 8.18. The Balaban J connectivity index is 1.70. The smallest absolute Gasteiger partial charge is 0.0716 e. The summed E-state index contributed by atoms with van der Waals surface area (Å²) in [7, 11) is 0. The van der Waals surface area contributed by atoms with Crippen molar-refractivity contribution in [2.24, 2.45) is 5.92 Å². The first-order valence-corrected chi connectivity index (χ1v) is 7.67. The summed E-state index contributed by atoms with van der Waals surface area (Å²) in [4.78, 5) is 0. The number of hydrogen-bond donors (Lipinski definition) is 1. The molecule has 0 saturated heterocycles. The highest BCUT2D eigenvalue weighted by Gasteiger charge is 2.20. The first-order valence-electron chi connectivity index (χ1n) is 7.67.